The van der Waals surface area contributed by atoms with Crippen LogP contribution in [0.3, 0.4) is 0 Å². The Balaban J connectivity index is 2.07. The molecule has 0 heterocycles. The van der Waals surface area contributed by atoms with Gasteiger partial charge in [0.2, 0.25) is 0 Å². The van der Waals surface area contributed by atoms with E-state index in [0.717, 1.165) is 5.92 Å². The zero-order valence-corrected chi connectivity index (χ0v) is 8.72. The molecule has 1 unspecified atom stereocenters. The second-order valence-electron chi connectivity index (χ2n) is 4.76. The van der Waals surface area contributed by atoms with Crippen LogP contribution in [0.2, 0.25) is 0 Å². The lowest BCUT2D eigenvalue weighted by Gasteiger charge is -2.20. The predicted octanol–water partition coefficient (Wildman–Crippen LogP) is 3.82. The van der Waals surface area contributed by atoms with E-state index in [0.29, 0.717) is 0 Å². The van der Waals surface area contributed by atoms with Crippen LogP contribution in [0, 0.1) is 5.92 Å². The van der Waals surface area contributed by atoms with Crippen LogP contribution in [0.5, 0.6) is 0 Å². The quantitative estimate of drug-likeness (QED) is 0.575. The van der Waals surface area contributed by atoms with Crippen molar-refractivity contribution in [2.75, 3.05) is 0 Å². The van der Waals surface area contributed by atoms with Gasteiger partial charge in [0.25, 0.3) is 0 Å². The van der Waals surface area contributed by atoms with E-state index in [-0.39, 0.29) is 0 Å². The Hall–Kier alpha value is -1.04. The molecule has 0 spiro atoms. The topological polar surface area (TPSA) is 0 Å². The molecular formula is C14H16. The van der Waals surface area contributed by atoms with Crippen LogP contribution in [0.1, 0.15) is 37.3 Å². The second kappa shape index (κ2) is 2.98. The number of hydrogen-bond donors (Lipinski definition) is 0. The Kier molecular flexibility index (Phi) is 1.76. The summed E-state index contributed by atoms with van der Waals surface area (Å²) in [6.07, 6.45) is 5.28. The fourth-order valence-corrected chi connectivity index (χ4v) is 2.86. The van der Waals surface area contributed by atoms with Crippen LogP contribution < -0.4 is 0 Å². The van der Waals surface area contributed by atoms with Crippen LogP contribution >= 0.6 is 0 Å². The van der Waals surface area contributed by atoms with E-state index in [4.69, 9.17) is 0 Å². The maximum Gasteiger partial charge on any atom is -0.00550 e. The molecule has 2 aliphatic carbocycles. The third-order valence-corrected chi connectivity index (χ3v) is 3.66. The molecule has 0 radical (unpaired) electrons. The number of allylic oxidation sites excluding steroid dienone is 2. The van der Waals surface area contributed by atoms with E-state index < -0.39 is 0 Å². The summed E-state index contributed by atoms with van der Waals surface area (Å²) < 4.78 is 0. The van der Waals surface area contributed by atoms with E-state index in [1.165, 1.54) is 25.7 Å². The highest BCUT2D eigenvalue weighted by Crippen LogP contribution is 2.43. The van der Waals surface area contributed by atoms with Crippen LogP contribution in [-0.4, -0.2) is 0 Å². The first kappa shape index (κ1) is 8.28. The highest BCUT2D eigenvalue weighted by atomic mass is 14.3. The van der Waals surface area contributed by atoms with Gasteiger partial charge in [-0.1, -0.05) is 36.8 Å². The van der Waals surface area contributed by atoms with Gasteiger partial charge in [0.1, 0.15) is 0 Å². The molecule has 1 atom stereocenters. The molecule has 0 aliphatic heterocycles. The summed E-state index contributed by atoms with van der Waals surface area (Å²) >= 11 is 0. The van der Waals surface area contributed by atoms with Crippen molar-refractivity contribution in [3.05, 3.63) is 41.0 Å². The molecule has 0 nitrogen and oxygen atoms in total. The smallest absolute Gasteiger partial charge is 0.00550 e. The molecule has 2 aliphatic rings. The lowest BCUT2D eigenvalue weighted by Crippen LogP contribution is -2.03. The summed E-state index contributed by atoms with van der Waals surface area (Å²) in [4.78, 5) is 0. The third kappa shape index (κ3) is 1.13. The molecule has 0 bridgehead atoms. The van der Waals surface area contributed by atoms with Crippen LogP contribution in [0.25, 0.3) is 5.57 Å². The van der Waals surface area contributed by atoms with Gasteiger partial charge >= 0.3 is 0 Å². The summed E-state index contributed by atoms with van der Waals surface area (Å²) in [6, 6.07) is 8.93. The largest absolute Gasteiger partial charge is 0.0622 e. The Morgan fingerprint density at radius 1 is 1.21 bits per heavy atom. The summed E-state index contributed by atoms with van der Waals surface area (Å²) in [6.45, 7) is 2.38. The standard InChI is InChI=1S/C14H16/c1-10-6-7-12-9-11-4-2-3-5-13(11)14(12)8-10/h2-5,10H,6-9H2,1H3. The zero-order valence-electron chi connectivity index (χ0n) is 8.72. The summed E-state index contributed by atoms with van der Waals surface area (Å²) in [5.41, 5.74) is 6.52. The average Bonchev–Trinajstić information content (AvgIpc) is 2.56. The zero-order chi connectivity index (χ0) is 9.54. The fraction of sp³-hybridized carbons (Fsp3) is 0.429. The van der Waals surface area contributed by atoms with Crippen LogP contribution in [0.4, 0.5) is 0 Å². The molecule has 0 heteroatoms. The minimum Gasteiger partial charge on any atom is -0.0622 e. The van der Waals surface area contributed by atoms with Crippen molar-refractivity contribution in [3.8, 4) is 0 Å². The van der Waals surface area contributed by atoms with E-state index in [1.54, 1.807) is 22.3 Å². The van der Waals surface area contributed by atoms with Crippen molar-refractivity contribution in [1.82, 2.24) is 0 Å². The van der Waals surface area contributed by atoms with Gasteiger partial charge in [-0.25, -0.2) is 0 Å². The van der Waals surface area contributed by atoms with E-state index >= 15 is 0 Å². The van der Waals surface area contributed by atoms with Crippen molar-refractivity contribution < 1.29 is 0 Å². The SMILES string of the molecule is CC1CCC2=C(C1)c1ccccc1C2. The maximum absolute atomic E-state index is 2.38. The highest BCUT2D eigenvalue weighted by molar-refractivity contribution is 5.77. The second-order valence-corrected chi connectivity index (χ2v) is 4.76. The van der Waals surface area contributed by atoms with Crippen molar-refractivity contribution in [2.24, 2.45) is 5.92 Å². The first-order valence-electron chi connectivity index (χ1n) is 5.64. The fourth-order valence-electron chi connectivity index (χ4n) is 2.86. The van der Waals surface area contributed by atoms with Crippen molar-refractivity contribution in [1.29, 1.82) is 0 Å². The predicted molar refractivity (Wildman–Crippen MR) is 60.1 cm³/mol. The lowest BCUT2D eigenvalue weighted by atomic mass is 9.85. The van der Waals surface area contributed by atoms with Crippen molar-refractivity contribution >= 4 is 5.57 Å². The first-order valence-corrected chi connectivity index (χ1v) is 5.64. The van der Waals surface area contributed by atoms with Gasteiger partial charge in [0.05, 0.1) is 0 Å². The van der Waals surface area contributed by atoms with Gasteiger partial charge in [-0.15, -0.1) is 0 Å². The molecule has 3 rings (SSSR count). The molecule has 1 aromatic carbocycles. The van der Waals surface area contributed by atoms with Gasteiger partial charge in [-0.05, 0) is 48.3 Å². The molecule has 0 fully saturated rings. The molecule has 14 heavy (non-hydrogen) atoms. The van der Waals surface area contributed by atoms with E-state index in [2.05, 4.69) is 31.2 Å². The van der Waals surface area contributed by atoms with Gasteiger partial charge in [-0.2, -0.15) is 0 Å². The molecule has 72 valence electrons. The molecular weight excluding hydrogens is 168 g/mol. The number of benzene rings is 1. The molecule has 0 aromatic heterocycles. The number of rotatable bonds is 0. The van der Waals surface area contributed by atoms with Crippen molar-refractivity contribution in [3.63, 3.8) is 0 Å². The van der Waals surface area contributed by atoms with Crippen LogP contribution in [-0.2, 0) is 6.42 Å². The summed E-state index contributed by atoms with van der Waals surface area (Å²) in [5.74, 6) is 0.889. The number of hydrogen-bond acceptors (Lipinski definition) is 0. The van der Waals surface area contributed by atoms with E-state index in [9.17, 15) is 0 Å². The minimum atomic E-state index is 0.889. The van der Waals surface area contributed by atoms with Gasteiger partial charge in [0.15, 0.2) is 0 Å². The Morgan fingerprint density at radius 3 is 3.00 bits per heavy atom. The highest BCUT2D eigenvalue weighted by Gasteiger charge is 2.25. The van der Waals surface area contributed by atoms with Crippen molar-refractivity contribution in [2.45, 2.75) is 32.6 Å². The molecule has 0 saturated heterocycles. The molecule has 1 aromatic rings. The first-order chi connectivity index (χ1) is 6.84. The molecule has 0 saturated carbocycles. The minimum absolute atomic E-state index is 0.889. The maximum atomic E-state index is 2.38. The molecule has 0 amide bonds. The van der Waals surface area contributed by atoms with Gasteiger partial charge in [0, 0.05) is 0 Å². The van der Waals surface area contributed by atoms with Gasteiger partial charge < -0.3 is 0 Å². The Bertz CT molecular complexity index is 398. The van der Waals surface area contributed by atoms with E-state index in [1.807, 2.05) is 0 Å². The lowest BCUT2D eigenvalue weighted by molar-refractivity contribution is 0.524. The monoisotopic (exact) mass is 184 g/mol. The summed E-state index contributed by atoms with van der Waals surface area (Å²) in [7, 11) is 0. The number of fused-ring (bicyclic) bond motifs is 2. The third-order valence-electron chi connectivity index (χ3n) is 3.66. The average molecular weight is 184 g/mol. The molecule has 0 N–H and O–H groups in total. The Labute approximate surface area is 85.6 Å². The Morgan fingerprint density at radius 2 is 2.07 bits per heavy atom. The van der Waals surface area contributed by atoms with Gasteiger partial charge in [-0.3, -0.25) is 0 Å². The summed E-state index contributed by atoms with van der Waals surface area (Å²) in [5, 5.41) is 0. The normalized spacial score (nSPS) is 24.8. The van der Waals surface area contributed by atoms with Crippen LogP contribution in [0.15, 0.2) is 29.8 Å².